The third-order valence-electron chi connectivity index (χ3n) is 4.75. The van der Waals surface area contributed by atoms with Gasteiger partial charge in [0.2, 0.25) is 0 Å². The van der Waals surface area contributed by atoms with E-state index >= 15 is 0 Å². The summed E-state index contributed by atoms with van der Waals surface area (Å²) in [6, 6.07) is 11.0. The Labute approximate surface area is 157 Å². The SMILES string of the molecule is CCC(C)OC(=O)C(C(=O)O)C(c1ccccc1)c1c[nH]c2cnccc12. The van der Waals surface area contributed by atoms with Gasteiger partial charge in [0, 0.05) is 23.7 Å². The van der Waals surface area contributed by atoms with E-state index in [1.54, 1.807) is 25.5 Å². The molecule has 0 aliphatic rings. The lowest BCUT2D eigenvalue weighted by atomic mass is 9.80. The van der Waals surface area contributed by atoms with Crippen LogP contribution >= 0.6 is 0 Å². The number of hydrogen-bond donors (Lipinski definition) is 2. The maximum atomic E-state index is 12.8. The van der Waals surface area contributed by atoms with Crippen molar-refractivity contribution in [1.29, 1.82) is 0 Å². The third-order valence-corrected chi connectivity index (χ3v) is 4.75. The second-order valence-electron chi connectivity index (χ2n) is 6.53. The fraction of sp³-hybridized carbons (Fsp3) is 0.286. The summed E-state index contributed by atoms with van der Waals surface area (Å²) >= 11 is 0. The van der Waals surface area contributed by atoms with Gasteiger partial charge < -0.3 is 14.8 Å². The Morgan fingerprint density at radius 3 is 2.63 bits per heavy atom. The number of nitrogens with zero attached hydrogens (tertiary/aromatic N) is 1. The molecule has 0 saturated heterocycles. The molecule has 0 fully saturated rings. The zero-order chi connectivity index (χ0) is 19.4. The quantitative estimate of drug-likeness (QED) is 0.491. The highest BCUT2D eigenvalue weighted by Gasteiger charge is 2.39. The summed E-state index contributed by atoms with van der Waals surface area (Å²) in [5, 5.41) is 10.7. The fourth-order valence-corrected chi connectivity index (χ4v) is 3.20. The topological polar surface area (TPSA) is 92.3 Å². The lowest BCUT2D eigenvalue weighted by molar-refractivity contribution is -0.162. The molecule has 140 valence electrons. The molecule has 0 spiro atoms. The molecular weight excluding hydrogens is 344 g/mol. The Hall–Kier alpha value is -3.15. The van der Waals surface area contributed by atoms with Crippen molar-refractivity contribution in [2.45, 2.75) is 32.3 Å². The van der Waals surface area contributed by atoms with Crippen LogP contribution in [0.15, 0.2) is 55.0 Å². The van der Waals surface area contributed by atoms with Gasteiger partial charge in [-0.05, 0) is 30.5 Å². The van der Waals surface area contributed by atoms with E-state index in [0.717, 1.165) is 22.0 Å². The number of esters is 1. The van der Waals surface area contributed by atoms with Crippen molar-refractivity contribution in [3.8, 4) is 0 Å². The van der Waals surface area contributed by atoms with Crippen molar-refractivity contribution in [2.24, 2.45) is 5.92 Å². The van der Waals surface area contributed by atoms with Crippen molar-refractivity contribution in [3.05, 3.63) is 66.1 Å². The van der Waals surface area contributed by atoms with Crippen LogP contribution in [0.25, 0.3) is 10.9 Å². The summed E-state index contributed by atoms with van der Waals surface area (Å²) in [5.74, 6) is -3.97. The number of carboxylic acid groups (broad SMARTS) is 1. The number of pyridine rings is 1. The van der Waals surface area contributed by atoms with Gasteiger partial charge in [-0.1, -0.05) is 37.3 Å². The molecule has 3 rings (SSSR count). The van der Waals surface area contributed by atoms with Crippen LogP contribution in [-0.2, 0) is 14.3 Å². The van der Waals surface area contributed by atoms with Gasteiger partial charge in [0.25, 0.3) is 0 Å². The second-order valence-corrected chi connectivity index (χ2v) is 6.53. The molecular formula is C21H22N2O4. The molecule has 0 aliphatic heterocycles. The smallest absolute Gasteiger partial charge is 0.321 e. The zero-order valence-electron chi connectivity index (χ0n) is 15.3. The second kappa shape index (κ2) is 8.03. The van der Waals surface area contributed by atoms with Crippen molar-refractivity contribution >= 4 is 22.8 Å². The minimum atomic E-state index is -1.35. The standard InChI is InChI=1S/C21H22N2O4/c1-3-13(2)27-21(26)19(20(24)25)18(14-7-5-4-6-8-14)16-11-23-17-12-22-10-9-15(16)17/h4-13,18-19,23H,3H2,1-2H3,(H,24,25). The fourth-order valence-electron chi connectivity index (χ4n) is 3.20. The van der Waals surface area contributed by atoms with Crippen LogP contribution < -0.4 is 0 Å². The molecule has 2 heterocycles. The van der Waals surface area contributed by atoms with Gasteiger partial charge in [-0.15, -0.1) is 0 Å². The van der Waals surface area contributed by atoms with E-state index in [-0.39, 0.29) is 6.10 Å². The van der Waals surface area contributed by atoms with E-state index in [1.807, 2.05) is 43.3 Å². The number of aromatic nitrogens is 2. The van der Waals surface area contributed by atoms with Gasteiger partial charge in [0.1, 0.15) is 0 Å². The van der Waals surface area contributed by atoms with Crippen LogP contribution in [0.4, 0.5) is 0 Å². The number of ether oxygens (including phenoxy) is 1. The van der Waals surface area contributed by atoms with E-state index in [1.165, 1.54) is 0 Å². The van der Waals surface area contributed by atoms with Gasteiger partial charge in [0.05, 0.1) is 17.8 Å². The number of benzene rings is 1. The Balaban J connectivity index is 2.14. The van der Waals surface area contributed by atoms with Gasteiger partial charge in [-0.25, -0.2) is 0 Å². The number of hydrogen-bond acceptors (Lipinski definition) is 4. The molecule has 0 amide bonds. The summed E-state index contributed by atoms with van der Waals surface area (Å²) in [4.78, 5) is 32.1. The molecule has 0 aliphatic carbocycles. The summed E-state index contributed by atoms with van der Waals surface area (Å²) < 4.78 is 5.39. The normalized spacial score (nSPS) is 14.4. The number of rotatable bonds is 7. The molecule has 2 aromatic heterocycles. The van der Waals surface area contributed by atoms with Crippen LogP contribution in [0.3, 0.4) is 0 Å². The highest BCUT2D eigenvalue weighted by Crippen LogP contribution is 2.37. The Bertz CT molecular complexity index is 936. The molecule has 6 heteroatoms. The monoisotopic (exact) mass is 366 g/mol. The van der Waals surface area contributed by atoms with Gasteiger partial charge in [-0.2, -0.15) is 0 Å². The van der Waals surface area contributed by atoms with Crippen molar-refractivity contribution in [3.63, 3.8) is 0 Å². The first-order chi connectivity index (χ1) is 13.0. The summed E-state index contributed by atoms with van der Waals surface area (Å²) in [5.41, 5.74) is 2.25. The molecule has 2 N–H and O–H groups in total. The highest BCUT2D eigenvalue weighted by atomic mass is 16.5. The number of aromatic amines is 1. The molecule has 0 radical (unpaired) electrons. The molecule has 0 saturated carbocycles. The maximum Gasteiger partial charge on any atom is 0.321 e. The average molecular weight is 366 g/mol. The number of fused-ring (bicyclic) bond motifs is 1. The molecule has 3 unspecified atom stereocenters. The number of nitrogens with one attached hydrogen (secondary N) is 1. The first-order valence-corrected chi connectivity index (χ1v) is 8.92. The van der Waals surface area contributed by atoms with Crippen molar-refractivity contribution in [1.82, 2.24) is 9.97 Å². The average Bonchev–Trinajstić information content (AvgIpc) is 3.09. The molecule has 3 atom stereocenters. The molecule has 27 heavy (non-hydrogen) atoms. The lowest BCUT2D eigenvalue weighted by Gasteiger charge is -2.24. The minimum absolute atomic E-state index is 0.344. The zero-order valence-corrected chi connectivity index (χ0v) is 15.3. The summed E-state index contributed by atoms with van der Waals surface area (Å²) in [6.45, 7) is 3.64. The van der Waals surface area contributed by atoms with Crippen LogP contribution in [0, 0.1) is 5.92 Å². The van der Waals surface area contributed by atoms with E-state index in [4.69, 9.17) is 4.74 Å². The van der Waals surface area contributed by atoms with Crippen LogP contribution in [0.2, 0.25) is 0 Å². The van der Waals surface area contributed by atoms with E-state index in [9.17, 15) is 14.7 Å². The van der Waals surface area contributed by atoms with Gasteiger partial charge in [0.15, 0.2) is 5.92 Å². The predicted molar refractivity (Wildman–Crippen MR) is 101 cm³/mol. The van der Waals surface area contributed by atoms with Crippen LogP contribution in [-0.4, -0.2) is 33.1 Å². The van der Waals surface area contributed by atoms with Gasteiger partial charge in [-0.3, -0.25) is 14.6 Å². The van der Waals surface area contributed by atoms with Crippen LogP contribution in [0.1, 0.15) is 37.3 Å². The molecule has 1 aromatic carbocycles. The number of carbonyl (C=O) groups is 2. The largest absolute Gasteiger partial charge is 0.481 e. The Morgan fingerprint density at radius 2 is 1.96 bits per heavy atom. The minimum Gasteiger partial charge on any atom is -0.481 e. The third kappa shape index (κ3) is 3.84. The number of carbonyl (C=O) groups excluding carboxylic acids is 1. The van der Waals surface area contributed by atoms with Crippen LogP contribution in [0.5, 0.6) is 0 Å². The van der Waals surface area contributed by atoms with E-state index in [0.29, 0.717) is 6.42 Å². The van der Waals surface area contributed by atoms with E-state index in [2.05, 4.69) is 9.97 Å². The summed E-state index contributed by atoms with van der Waals surface area (Å²) in [7, 11) is 0. The van der Waals surface area contributed by atoms with Crippen molar-refractivity contribution in [2.75, 3.05) is 0 Å². The molecule has 6 nitrogen and oxygen atoms in total. The first-order valence-electron chi connectivity index (χ1n) is 8.92. The van der Waals surface area contributed by atoms with Crippen molar-refractivity contribution < 1.29 is 19.4 Å². The highest BCUT2D eigenvalue weighted by molar-refractivity contribution is 5.97. The lowest BCUT2D eigenvalue weighted by Crippen LogP contribution is -2.34. The Kier molecular flexibility index (Phi) is 5.54. The number of aliphatic carboxylic acids is 1. The van der Waals surface area contributed by atoms with E-state index < -0.39 is 23.8 Å². The summed E-state index contributed by atoms with van der Waals surface area (Å²) in [6.07, 6.45) is 5.34. The molecule has 0 bridgehead atoms. The maximum absolute atomic E-state index is 12.8. The van der Waals surface area contributed by atoms with Gasteiger partial charge >= 0.3 is 11.9 Å². The first kappa shape index (κ1) is 18.6. The Morgan fingerprint density at radius 1 is 1.22 bits per heavy atom. The predicted octanol–water partition coefficient (Wildman–Crippen LogP) is 3.74. The number of H-pyrrole nitrogens is 1. The number of carboxylic acids is 1. The molecule has 3 aromatic rings.